The number of carbonyl (C=O) groups is 2. The van der Waals surface area contributed by atoms with E-state index in [1.54, 1.807) is 0 Å². The summed E-state index contributed by atoms with van der Waals surface area (Å²) in [6, 6.07) is 2.94. The molecule has 1 aromatic rings. The van der Waals surface area contributed by atoms with E-state index in [1.807, 2.05) is 0 Å². The maximum absolute atomic E-state index is 11.1. The molecular formula is C11H14N2O5. The number of urea groups is 1. The quantitative estimate of drug-likeness (QED) is 0.488. The fourth-order valence-corrected chi connectivity index (χ4v) is 1.53. The Morgan fingerprint density at radius 3 is 2.39 bits per heavy atom. The van der Waals surface area contributed by atoms with E-state index in [1.165, 1.54) is 25.1 Å². The fraction of sp³-hybridized carbons (Fsp3) is 0.273. The van der Waals surface area contributed by atoms with Gasteiger partial charge in [0.25, 0.3) is 0 Å². The average Bonchev–Trinajstić information content (AvgIpc) is 2.22. The Kier molecular flexibility index (Phi) is 3.65. The number of carboxylic acid groups (broad SMARTS) is 1. The van der Waals surface area contributed by atoms with Gasteiger partial charge in [0.2, 0.25) is 0 Å². The van der Waals surface area contributed by atoms with Gasteiger partial charge in [-0.15, -0.1) is 0 Å². The lowest BCUT2D eigenvalue weighted by molar-refractivity contribution is -0.143. The van der Waals surface area contributed by atoms with Crippen molar-refractivity contribution in [3.8, 4) is 11.5 Å². The van der Waals surface area contributed by atoms with Crippen LogP contribution >= 0.6 is 0 Å². The van der Waals surface area contributed by atoms with Crippen LogP contribution in [0.3, 0.4) is 0 Å². The number of nitrogens with two attached hydrogens (primary N) is 1. The first-order valence-electron chi connectivity index (χ1n) is 5.06. The number of hydrogen-bond acceptors (Lipinski definition) is 4. The van der Waals surface area contributed by atoms with Gasteiger partial charge in [0, 0.05) is 6.42 Å². The van der Waals surface area contributed by atoms with E-state index in [-0.39, 0.29) is 17.9 Å². The third-order valence-electron chi connectivity index (χ3n) is 2.47. The van der Waals surface area contributed by atoms with Gasteiger partial charge in [0.1, 0.15) is 5.54 Å². The van der Waals surface area contributed by atoms with Crippen molar-refractivity contribution < 1.29 is 24.9 Å². The monoisotopic (exact) mass is 254 g/mol. The number of carboxylic acids is 1. The van der Waals surface area contributed by atoms with Gasteiger partial charge in [0.15, 0.2) is 11.5 Å². The molecule has 0 fully saturated rings. The number of rotatable bonds is 4. The van der Waals surface area contributed by atoms with E-state index in [0.29, 0.717) is 5.56 Å². The third-order valence-corrected chi connectivity index (χ3v) is 2.47. The van der Waals surface area contributed by atoms with Gasteiger partial charge in [-0.1, -0.05) is 6.07 Å². The smallest absolute Gasteiger partial charge is 0.329 e. The van der Waals surface area contributed by atoms with Crippen molar-refractivity contribution in [2.45, 2.75) is 18.9 Å². The number of aromatic hydroxyl groups is 2. The molecule has 0 bridgehead atoms. The standard InChI is InChI=1S/C11H14N2O5/c1-11(9(16)17,13-10(12)18)5-6-2-3-7(14)8(15)4-6/h2-4,14-15H,5H2,1H3,(H,16,17)(H3,12,13,18)/t11-/m0/s1. The number of primary amides is 1. The second-order valence-electron chi connectivity index (χ2n) is 4.13. The number of phenolic OH excluding ortho intramolecular Hbond substituents is 2. The molecule has 0 saturated heterocycles. The molecule has 2 amide bonds. The van der Waals surface area contributed by atoms with Gasteiger partial charge >= 0.3 is 12.0 Å². The van der Waals surface area contributed by atoms with Crippen molar-refractivity contribution in [2.75, 3.05) is 0 Å². The zero-order chi connectivity index (χ0) is 13.9. The Morgan fingerprint density at radius 2 is 1.94 bits per heavy atom. The van der Waals surface area contributed by atoms with E-state index < -0.39 is 17.5 Å². The first-order valence-corrected chi connectivity index (χ1v) is 5.06. The van der Waals surface area contributed by atoms with Crippen LogP contribution < -0.4 is 11.1 Å². The third kappa shape index (κ3) is 3.03. The summed E-state index contributed by atoms with van der Waals surface area (Å²) in [7, 11) is 0. The molecule has 1 rings (SSSR count). The highest BCUT2D eigenvalue weighted by molar-refractivity contribution is 5.85. The molecule has 98 valence electrons. The summed E-state index contributed by atoms with van der Waals surface area (Å²) in [6.07, 6.45) is -0.0842. The molecule has 0 aromatic heterocycles. The van der Waals surface area contributed by atoms with E-state index in [2.05, 4.69) is 5.32 Å². The van der Waals surface area contributed by atoms with Crippen LogP contribution in [0.25, 0.3) is 0 Å². The normalized spacial score (nSPS) is 13.6. The molecule has 0 aliphatic carbocycles. The lowest BCUT2D eigenvalue weighted by atomic mass is 9.93. The molecule has 1 atom stereocenters. The minimum absolute atomic E-state index is 0.0842. The predicted molar refractivity (Wildman–Crippen MR) is 62.2 cm³/mol. The Hall–Kier alpha value is -2.44. The van der Waals surface area contributed by atoms with Crippen molar-refractivity contribution >= 4 is 12.0 Å². The second-order valence-corrected chi connectivity index (χ2v) is 4.13. The Labute approximate surface area is 103 Å². The van der Waals surface area contributed by atoms with Crippen LogP contribution in [-0.2, 0) is 11.2 Å². The molecule has 0 heterocycles. The Morgan fingerprint density at radius 1 is 1.33 bits per heavy atom. The van der Waals surface area contributed by atoms with Crippen LogP contribution in [0.1, 0.15) is 12.5 Å². The summed E-state index contributed by atoms with van der Waals surface area (Å²) in [5.74, 6) is -1.92. The molecule has 0 spiro atoms. The van der Waals surface area contributed by atoms with Gasteiger partial charge < -0.3 is 26.4 Å². The summed E-state index contributed by atoms with van der Waals surface area (Å²) < 4.78 is 0. The first-order chi connectivity index (χ1) is 8.24. The van der Waals surface area contributed by atoms with Crippen LogP contribution in [0.2, 0.25) is 0 Å². The molecule has 0 aliphatic rings. The summed E-state index contributed by atoms with van der Waals surface area (Å²) in [6.45, 7) is 1.30. The summed E-state index contributed by atoms with van der Waals surface area (Å²) in [4.78, 5) is 21.9. The molecule has 0 unspecified atom stereocenters. The van der Waals surface area contributed by atoms with Crippen molar-refractivity contribution in [1.29, 1.82) is 0 Å². The number of carbonyl (C=O) groups excluding carboxylic acids is 1. The van der Waals surface area contributed by atoms with Crippen LogP contribution in [0.15, 0.2) is 18.2 Å². The molecule has 6 N–H and O–H groups in total. The van der Waals surface area contributed by atoms with Crippen molar-refractivity contribution in [3.05, 3.63) is 23.8 Å². The van der Waals surface area contributed by atoms with E-state index in [0.717, 1.165) is 0 Å². The average molecular weight is 254 g/mol. The highest BCUT2D eigenvalue weighted by atomic mass is 16.4. The first kappa shape index (κ1) is 13.6. The van der Waals surface area contributed by atoms with Crippen LogP contribution in [-0.4, -0.2) is 32.9 Å². The van der Waals surface area contributed by atoms with Crippen molar-refractivity contribution in [1.82, 2.24) is 5.32 Å². The van der Waals surface area contributed by atoms with E-state index >= 15 is 0 Å². The van der Waals surface area contributed by atoms with Gasteiger partial charge in [-0.05, 0) is 24.6 Å². The lowest BCUT2D eigenvalue weighted by Gasteiger charge is -2.25. The molecule has 0 radical (unpaired) electrons. The summed E-state index contributed by atoms with van der Waals surface area (Å²) >= 11 is 0. The predicted octanol–water partition coefficient (Wildman–Crippen LogP) is 0.152. The highest BCUT2D eigenvalue weighted by Gasteiger charge is 2.34. The largest absolute Gasteiger partial charge is 0.504 e. The lowest BCUT2D eigenvalue weighted by Crippen LogP contribution is -2.55. The van der Waals surface area contributed by atoms with Crippen LogP contribution in [0.4, 0.5) is 4.79 Å². The molecule has 0 saturated carbocycles. The van der Waals surface area contributed by atoms with E-state index in [9.17, 15) is 14.7 Å². The van der Waals surface area contributed by atoms with Gasteiger partial charge in [-0.2, -0.15) is 0 Å². The number of benzene rings is 1. The molecule has 18 heavy (non-hydrogen) atoms. The fourth-order valence-electron chi connectivity index (χ4n) is 1.53. The Balaban J connectivity index is 3.00. The molecule has 7 nitrogen and oxygen atoms in total. The van der Waals surface area contributed by atoms with Crippen molar-refractivity contribution in [3.63, 3.8) is 0 Å². The summed E-state index contributed by atoms with van der Waals surface area (Å²) in [5, 5.41) is 29.7. The number of phenols is 2. The van der Waals surface area contributed by atoms with E-state index in [4.69, 9.17) is 15.9 Å². The molecular weight excluding hydrogens is 240 g/mol. The second kappa shape index (κ2) is 4.82. The number of amides is 2. The zero-order valence-electron chi connectivity index (χ0n) is 9.67. The van der Waals surface area contributed by atoms with Gasteiger partial charge in [-0.3, -0.25) is 0 Å². The summed E-state index contributed by atoms with van der Waals surface area (Å²) in [5.41, 5.74) is 3.77. The Bertz CT molecular complexity index is 488. The van der Waals surface area contributed by atoms with Gasteiger partial charge in [-0.25, -0.2) is 9.59 Å². The minimum Gasteiger partial charge on any atom is -0.504 e. The van der Waals surface area contributed by atoms with Crippen molar-refractivity contribution in [2.24, 2.45) is 5.73 Å². The number of aliphatic carboxylic acids is 1. The number of nitrogens with one attached hydrogen (secondary N) is 1. The number of hydrogen-bond donors (Lipinski definition) is 5. The van der Waals surface area contributed by atoms with Crippen LogP contribution in [0.5, 0.6) is 11.5 Å². The maximum Gasteiger partial charge on any atom is 0.329 e. The highest BCUT2D eigenvalue weighted by Crippen LogP contribution is 2.26. The zero-order valence-corrected chi connectivity index (χ0v) is 9.67. The molecule has 7 heteroatoms. The van der Waals surface area contributed by atoms with Crippen LogP contribution in [0, 0.1) is 0 Å². The maximum atomic E-state index is 11.1. The molecule has 0 aliphatic heterocycles. The topological polar surface area (TPSA) is 133 Å². The minimum atomic E-state index is -1.59. The SMILES string of the molecule is C[C@@](Cc1ccc(O)c(O)c1)(NC(N)=O)C(=O)O. The van der Waals surface area contributed by atoms with Gasteiger partial charge in [0.05, 0.1) is 0 Å². The molecule has 1 aromatic carbocycles.